The van der Waals surface area contributed by atoms with Crippen LogP contribution < -0.4 is 4.74 Å². The third kappa shape index (κ3) is 5.31. The summed E-state index contributed by atoms with van der Waals surface area (Å²) < 4.78 is 7.40. The number of pyridine rings is 1. The number of aliphatic hydroxyl groups is 1. The number of aromatic nitrogens is 3. The van der Waals surface area contributed by atoms with Crippen LogP contribution in [0.25, 0.3) is 5.69 Å². The van der Waals surface area contributed by atoms with Crippen LogP contribution in [0.15, 0.2) is 54.9 Å². The van der Waals surface area contributed by atoms with Gasteiger partial charge in [0.25, 0.3) is 0 Å². The Bertz CT molecular complexity index is 972. The van der Waals surface area contributed by atoms with Crippen molar-refractivity contribution < 1.29 is 9.84 Å². The largest absolute Gasteiger partial charge is 0.497 e. The van der Waals surface area contributed by atoms with E-state index in [1.807, 2.05) is 49.6 Å². The van der Waals surface area contributed by atoms with Crippen molar-refractivity contribution in [2.24, 2.45) is 0 Å². The Morgan fingerprint density at radius 2 is 1.94 bits per heavy atom. The SMILES string of the molecule is COc1ccc(-n2ccnc2CN2CCN(Cc3cccc(C)n3)[C@H](CCO)C2)cc1. The van der Waals surface area contributed by atoms with Gasteiger partial charge in [-0.25, -0.2) is 4.98 Å². The number of benzene rings is 1. The van der Waals surface area contributed by atoms with Crippen LogP contribution >= 0.6 is 0 Å². The Morgan fingerprint density at radius 1 is 1.10 bits per heavy atom. The zero-order valence-corrected chi connectivity index (χ0v) is 18.3. The van der Waals surface area contributed by atoms with E-state index in [2.05, 4.69) is 36.5 Å². The van der Waals surface area contributed by atoms with Crippen molar-refractivity contribution in [1.82, 2.24) is 24.3 Å². The quantitative estimate of drug-likeness (QED) is 0.603. The van der Waals surface area contributed by atoms with Crippen LogP contribution in [0.1, 0.15) is 23.6 Å². The van der Waals surface area contributed by atoms with Crippen LogP contribution in [-0.2, 0) is 13.1 Å². The van der Waals surface area contributed by atoms with Crippen LogP contribution in [0.3, 0.4) is 0 Å². The van der Waals surface area contributed by atoms with Gasteiger partial charge in [0.1, 0.15) is 11.6 Å². The van der Waals surface area contributed by atoms with Gasteiger partial charge in [0.2, 0.25) is 0 Å². The Kier molecular flexibility index (Phi) is 6.96. The summed E-state index contributed by atoms with van der Waals surface area (Å²) in [5, 5.41) is 9.64. The number of imidazole rings is 1. The summed E-state index contributed by atoms with van der Waals surface area (Å²) in [5.74, 6) is 1.86. The number of hydrogen-bond donors (Lipinski definition) is 1. The molecular weight excluding hydrogens is 390 g/mol. The fourth-order valence-corrected chi connectivity index (χ4v) is 4.26. The summed E-state index contributed by atoms with van der Waals surface area (Å²) in [7, 11) is 1.68. The van der Waals surface area contributed by atoms with Gasteiger partial charge in [-0.2, -0.15) is 0 Å². The number of aryl methyl sites for hydroxylation is 1. The van der Waals surface area contributed by atoms with Gasteiger partial charge in [-0.1, -0.05) is 6.07 Å². The second-order valence-electron chi connectivity index (χ2n) is 8.05. The Hall–Kier alpha value is -2.74. The zero-order chi connectivity index (χ0) is 21.6. The highest BCUT2D eigenvalue weighted by atomic mass is 16.5. The summed E-state index contributed by atoms with van der Waals surface area (Å²) >= 11 is 0. The topological polar surface area (TPSA) is 66.7 Å². The first kappa shape index (κ1) is 21.5. The summed E-state index contributed by atoms with van der Waals surface area (Å²) in [6.45, 7) is 6.63. The van der Waals surface area contributed by atoms with E-state index < -0.39 is 0 Å². The normalized spacial score (nSPS) is 17.7. The molecule has 0 radical (unpaired) electrons. The van der Waals surface area contributed by atoms with Crippen LogP contribution in [0.5, 0.6) is 5.75 Å². The molecule has 31 heavy (non-hydrogen) atoms. The molecule has 1 fully saturated rings. The van der Waals surface area contributed by atoms with Gasteiger partial charge in [0.05, 0.1) is 19.3 Å². The van der Waals surface area contributed by atoms with Crippen molar-refractivity contribution >= 4 is 0 Å². The van der Waals surface area contributed by atoms with Gasteiger partial charge in [0, 0.05) is 62.6 Å². The van der Waals surface area contributed by atoms with Crippen LogP contribution in [-0.4, -0.2) is 68.8 Å². The maximum absolute atomic E-state index is 9.64. The van der Waals surface area contributed by atoms with Gasteiger partial charge in [-0.15, -0.1) is 0 Å². The number of hydrogen-bond acceptors (Lipinski definition) is 6. The molecule has 3 aromatic rings. The molecular formula is C24H31N5O2. The first-order chi connectivity index (χ1) is 15.2. The van der Waals surface area contributed by atoms with Crippen molar-refractivity contribution in [2.45, 2.75) is 32.5 Å². The first-order valence-corrected chi connectivity index (χ1v) is 10.8. The minimum atomic E-state index is 0.191. The highest BCUT2D eigenvalue weighted by Crippen LogP contribution is 2.20. The molecule has 1 aliphatic heterocycles. The Labute approximate surface area is 183 Å². The van der Waals surface area contributed by atoms with E-state index in [-0.39, 0.29) is 6.61 Å². The molecule has 0 saturated carbocycles. The molecule has 164 valence electrons. The molecule has 7 heteroatoms. The van der Waals surface area contributed by atoms with E-state index in [9.17, 15) is 5.11 Å². The first-order valence-electron chi connectivity index (χ1n) is 10.8. The fourth-order valence-electron chi connectivity index (χ4n) is 4.26. The van der Waals surface area contributed by atoms with Crippen molar-refractivity contribution in [3.8, 4) is 11.4 Å². The van der Waals surface area contributed by atoms with Gasteiger partial charge in [0.15, 0.2) is 0 Å². The third-order valence-corrected chi connectivity index (χ3v) is 5.90. The highest BCUT2D eigenvalue weighted by Gasteiger charge is 2.27. The lowest BCUT2D eigenvalue weighted by atomic mass is 10.1. The average molecular weight is 422 g/mol. The van der Waals surface area contributed by atoms with E-state index in [0.29, 0.717) is 6.04 Å². The third-order valence-electron chi connectivity index (χ3n) is 5.90. The highest BCUT2D eigenvalue weighted by molar-refractivity contribution is 5.38. The van der Waals surface area contributed by atoms with Crippen LogP contribution in [0.2, 0.25) is 0 Å². The molecule has 0 amide bonds. The molecule has 0 unspecified atom stereocenters. The average Bonchev–Trinajstić information content (AvgIpc) is 3.24. The van der Waals surface area contributed by atoms with Crippen molar-refractivity contribution in [3.63, 3.8) is 0 Å². The summed E-state index contributed by atoms with van der Waals surface area (Å²) in [6, 6.07) is 14.5. The molecule has 1 N–H and O–H groups in total. The number of aliphatic hydroxyl groups excluding tert-OH is 1. The van der Waals surface area contributed by atoms with E-state index in [1.54, 1.807) is 7.11 Å². The predicted molar refractivity (Wildman–Crippen MR) is 120 cm³/mol. The molecule has 3 heterocycles. The van der Waals surface area contributed by atoms with E-state index in [4.69, 9.17) is 4.74 Å². The van der Waals surface area contributed by atoms with E-state index in [0.717, 1.165) is 67.8 Å². The predicted octanol–water partition coefficient (Wildman–Crippen LogP) is 2.65. The maximum atomic E-state index is 9.64. The van der Waals surface area contributed by atoms with Crippen LogP contribution in [0.4, 0.5) is 0 Å². The van der Waals surface area contributed by atoms with Crippen LogP contribution in [0, 0.1) is 6.92 Å². The smallest absolute Gasteiger partial charge is 0.127 e. The molecule has 7 nitrogen and oxygen atoms in total. The molecule has 4 rings (SSSR count). The van der Waals surface area contributed by atoms with Crippen molar-refractivity contribution in [3.05, 3.63) is 72.1 Å². The summed E-state index contributed by atoms with van der Waals surface area (Å²) in [4.78, 5) is 14.2. The Morgan fingerprint density at radius 3 is 2.68 bits per heavy atom. The monoisotopic (exact) mass is 421 g/mol. The summed E-state index contributed by atoms with van der Waals surface area (Å²) in [6.07, 6.45) is 4.61. The van der Waals surface area contributed by atoms with Gasteiger partial charge in [-0.05, 0) is 49.7 Å². The standard InChI is InChI=1S/C24H31N5O2/c1-19-4-3-5-20(26-19)16-28-14-13-27(17-22(28)10-15-30)18-24-25-11-12-29(24)21-6-8-23(31-2)9-7-21/h3-9,11-12,22,30H,10,13-18H2,1-2H3/t22-/m1/s1. The zero-order valence-electron chi connectivity index (χ0n) is 18.3. The van der Waals surface area contributed by atoms with Crippen molar-refractivity contribution in [2.75, 3.05) is 33.4 Å². The molecule has 0 bridgehead atoms. The lowest BCUT2D eigenvalue weighted by molar-refractivity contribution is 0.0477. The molecule has 1 saturated heterocycles. The number of rotatable bonds is 8. The van der Waals surface area contributed by atoms with E-state index in [1.165, 1.54) is 0 Å². The molecule has 0 spiro atoms. The van der Waals surface area contributed by atoms with Gasteiger partial charge >= 0.3 is 0 Å². The van der Waals surface area contributed by atoms with Crippen molar-refractivity contribution in [1.29, 1.82) is 0 Å². The second-order valence-corrected chi connectivity index (χ2v) is 8.05. The molecule has 1 aromatic carbocycles. The number of nitrogens with zero attached hydrogens (tertiary/aromatic N) is 5. The minimum absolute atomic E-state index is 0.191. The van der Waals surface area contributed by atoms with Gasteiger partial charge < -0.3 is 14.4 Å². The number of methoxy groups -OCH3 is 1. The maximum Gasteiger partial charge on any atom is 0.127 e. The fraction of sp³-hybridized carbons (Fsp3) is 0.417. The number of piperazine rings is 1. The van der Waals surface area contributed by atoms with E-state index >= 15 is 0 Å². The molecule has 2 aromatic heterocycles. The minimum Gasteiger partial charge on any atom is -0.497 e. The molecule has 0 aliphatic carbocycles. The summed E-state index contributed by atoms with van der Waals surface area (Å²) in [5.41, 5.74) is 3.20. The number of ether oxygens (including phenoxy) is 1. The Balaban J connectivity index is 1.43. The second kappa shape index (κ2) is 10.0. The molecule has 1 aliphatic rings. The van der Waals surface area contributed by atoms with Gasteiger partial charge in [-0.3, -0.25) is 14.8 Å². The lowest BCUT2D eigenvalue weighted by Crippen LogP contribution is -2.52. The lowest BCUT2D eigenvalue weighted by Gasteiger charge is -2.41. The molecule has 1 atom stereocenters.